The van der Waals surface area contributed by atoms with Crippen LogP contribution in [0.25, 0.3) is 0 Å². The van der Waals surface area contributed by atoms with Gasteiger partial charge in [0.2, 0.25) is 0 Å². The van der Waals surface area contributed by atoms with Crippen molar-refractivity contribution in [2.75, 3.05) is 0 Å². The molecule has 1 amide bonds. The first-order chi connectivity index (χ1) is 8.77. The molecule has 1 heterocycles. The Bertz CT molecular complexity index is 569. The summed E-state index contributed by atoms with van der Waals surface area (Å²) in [6.45, 7) is 0. The normalized spacial score (nSPS) is 10.5. The summed E-state index contributed by atoms with van der Waals surface area (Å²) in [5, 5.41) is 3.91. The highest BCUT2D eigenvalue weighted by molar-refractivity contribution is 14.1. The van der Waals surface area contributed by atoms with E-state index in [-0.39, 0.29) is 5.91 Å². The lowest BCUT2D eigenvalue weighted by Gasteiger charge is -1.99. The smallest absolute Gasteiger partial charge is 0.266 e. The van der Waals surface area contributed by atoms with Crippen molar-refractivity contribution in [1.82, 2.24) is 10.4 Å². The molecule has 18 heavy (non-hydrogen) atoms. The number of halogens is 1. The van der Waals surface area contributed by atoms with Crippen molar-refractivity contribution in [3.63, 3.8) is 0 Å². The SMILES string of the molecule is O=C(NN=Cc1ccccc1I)c1ccccn1. The van der Waals surface area contributed by atoms with Crippen molar-refractivity contribution in [3.8, 4) is 0 Å². The summed E-state index contributed by atoms with van der Waals surface area (Å²) in [6, 6.07) is 12.9. The Kier molecular flexibility index (Phi) is 4.40. The van der Waals surface area contributed by atoms with Crippen LogP contribution in [0.1, 0.15) is 16.1 Å². The minimum absolute atomic E-state index is 0.321. The highest BCUT2D eigenvalue weighted by Gasteiger charge is 2.03. The fourth-order valence-electron chi connectivity index (χ4n) is 1.29. The first-order valence-corrected chi connectivity index (χ1v) is 6.34. The molecule has 0 unspecified atom stereocenters. The van der Waals surface area contributed by atoms with Gasteiger partial charge < -0.3 is 0 Å². The number of carbonyl (C=O) groups excluding carboxylic acids is 1. The van der Waals surface area contributed by atoms with E-state index >= 15 is 0 Å². The number of nitrogens with zero attached hydrogens (tertiary/aromatic N) is 2. The van der Waals surface area contributed by atoms with Gasteiger partial charge in [-0.25, -0.2) is 5.43 Å². The van der Waals surface area contributed by atoms with Crippen LogP contribution >= 0.6 is 22.6 Å². The van der Waals surface area contributed by atoms with Crippen molar-refractivity contribution in [2.24, 2.45) is 5.10 Å². The minimum Gasteiger partial charge on any atom is -0.266 e. The van der Waals surface area contributed by atoms with Crippen LogP contribution in [0.5, 0.6) is 0 Å². The lowest BCUT2D eigenvalue weighted by molar-refractivity contribution is 0.0950. The molecule has 0 radical (unpaired) electrons. The molecule has 2 rings (SSSR count). The van der Waals surface area contributed by atoms with Gasteiger partial charge >= 0.3 is 0 Å². The molecule has 1 aromatic heterocycles. The number of aromatic nitrogens is 1. The molecule has 0 saturated carbocycles. The number of benzene rings is 1. The first kappa shape index (κ1) is 12.7. The Hall–Kier alpha value is -1.76. The summed E-state index contributed by atoms with van der Waals surface area (Å²) >= 11 is 2.21. The molecule has 5 heteroatoms. The topological polar surface area (TPSA) is 54.4 Å². The van der Waals surface area contributed by atoms with Gasteiger partial charge in [0, 0.05) is 15.3 Å². The lowest BCUT2D eigenvalue weighted by atomic mass is 10.2. The Morgan fingerprint density at radius 1 is 1.22 bits per heavy atom. The Balaban J connectivity index is 2.00. The third-order valence-electron chi connectivity index (χ3n) is 2.17. The Morgan fingerprint density at radius 3 is 2.72 bits per heavy atom. The Morgan fingerprint density at radius 2 is 2.00 bits per heavy atom. The number of hydrogen-bond donors (Lipinski definition) is 1. The fourth-order valence-corrected chi connectivity index (χ4v) is 1.82. The predicted octanol–water partition coefficient (Wildman–Crippen LogP) is 2.45. The second kappa shape index (κ2) is 6.25. The van der Waals surface area contributed by atoms with Gasteiger partial charge in [0.05, 0.1) is 6.21 Å². The monoisotopic (exact) mass is 351 g/mol. The zero-order valence-corrected chi connectivity index (χ0v) is 11.5. The van der Waals surface area contributed by atoms with E-state index in [1.165, 1.54) is 0 Å². The van der Waals surface area contributed by atoms with E-state index in [1.807, 2.05) is 24.3 Å². The molecule has 0 saturated heterocycles. The van der Waals surface area contributed by atoms with E-state index in [0.717, 1.165) is 9.13 Å². The molecule has 2 aromatic rings. The molecule has 0 atom stereocenters. The van der Waals surface area contributed by atoms with Gasteiger partial charge in [-0.2, -0.15) is 5.10 Å². The highest BCUT2D eigenvalue weighted by atomic mass is 127. The second-order valence-corrected chi connectivity index (χ2v) is 4.60. The first-order valence-electron chi connectivity index (χ1n) is 5.26. The standard InChI is InChI=1S/C13H10IN3O/c14-11-6-2-1-5-10(11)9-16-17-13(18)12-7-3-4-8-15-12/h1-9H,(H,17,18). The summed E-state index contributed by atoms with van der Waals surface area (Å²) in [5.74, 6) is -0.321. The molecule has 0 aliphatic heterocycles. The number of pyridine rings is 1. The second-order valence-electron chi connectivity index (χ2n) is 3.44. The van der Waals surface area contributed by atoms with Crippen molar-refractivity contribution >= 4 is 34.7 Å². The minimum atomic E-state index is -0.321. The van der Waals surface area contributed by atoms with Crippen LogP contribution in [0, 0.1) is 3.57 Å². The van der Waals surface area contributed by atoms with Crippen molar-refractivity contribution in [3.05, 3.63) is 63.5 Å². The molecule has 0 bridgehead atoms. The van der Waals surface area contributed by atoms with E-state index in [0.29, 0.717) is 5.69 Å². The summed E-state index contributed by atoms with van der Waals surface area (Å²) in [6.07, 6.45) is 3.18. The summed E-state index contributed by atoms with van der Waals surface area (Å²) < 4.78 is 1.07. The van der Waals surface area contributed by atoms with Gasteiger partial charge in [0.25, 0.3) is 5.91 Å². The van der Waals surface area contributed by atoms with Crippen molar-refractivity contribution in [2.45, 2.75) is 0 Å². The molecule has 0 fully saturated rings. The predicted molar refractivity (Wildman–Crippen MR) is 78.5 cm³/mol. The average molecular weight is 351 g/mol. The molecule has 0 aliphatic rings. The number of amides is 1. The van der Waals surface area contributed by atoms with Gasteiger partial charge in [0.15, 0.2) is 0 Å². The Labute approximate surface area is 118 Å². The van der Waals surface area contributed by atoms with Crippen LogP contribution in [-0.4, -0.2) is 17.1 Å². The van der Waals surface area contributed by atoms with E-state index < -0.39 is 0 Å². The number of rotatable bonds is 3. The van der Waals surface area contributed by atoms with Gasteiger partial charge in [-0.1, -0.05) is 24.3 Å². The maximum atomic E-state index is 11.6. The zero-order valence-electron chi connectivity index (χ0n) is 9.38. The number of hydrazone groups is 1. The molecule has 4 nitrogen and oxygen atoms in total. The molecular formula is C13H10IN3O. The third kappa shape index (κ3) is 3.36. The highest BCUT2D eigenvalue weighted by Crippen LogP contribution is 2.08. The van der Waals surface area contributed by atoms with Gasteiger partial charge in [-0.15, -0.1) is 0 Å². The zero-order chi connectivity index (χ0) is 12.8. The van der Waals surface area contributed by atoms with Crippen LogP contribution in [0.4, 0.5) is 0 Å². The van der Waals surface area contributed by atoms with Gasteiger partial charge in [-0.05, 0) is 40.8 Å². The van der Waals surface area contributed by atoms with Crippen molar-refractivity contribution < 1.29 is 4.79 Å². The number of nitrogens with one attached hydrogen (secondary N) is 1. The van der Waals surface area contributed by atoms with Crippen LogP contribution < -0.4 is 5.43 Å². The number of hydrogen-bond acceptors (Lipinski definition) is 3. The van der Waals surface area contributed by atoms with E-state index in [9.17, 15) is 4.79 Å². The third-order valence-corrected chi connectivity index (χ3v) is 3.15. The number of carbonyl (C=O) groups is 1. The molecule has 90 valence electrons. The van der Waals surface area contributed by atoms with Crippen LogP contribution in [0.2, 0.25) is 0 Å². The van der Waals surface area contributed by atoms with Crippen LogP contribution in [0.15, 0.2) is 53.8 Å². The van der Waals surface area contributed by atoms with Gasteiger partial charge in [-0.3, -0.25) is 9.78 Å². The van der Waals surface area contributed by atoms with Crippen LogP contribution in [-0.2, 0) is 0 Å². The molecule has 0 spiro atoms. The van der Waals surface area contributed by atoms with Crippen molar-refractivity contribution in [1.29, 1.82) is 0 Å². The molecule has 0 aliphatic carbocycles. The molecule has 1 N–H and O–H groups in total. The van der Waals surface area contributed by atoms with Gasteiger partial charge in [0.1, 0.15) is 5.69 Å². The quantitative estimate of drug-likeness (QED) is 0.525. The van der Waals surface area contributed by atoms with E-state index in [2.05, 4.69) is 38.1 Å². The largest absolute Gasteiger partial charge is 0.289 e. The fraction of sp³-hybridized carbons (Fsp3) is 0. The van der Waals surface area contributed by atoms with E-state index in [4.69, 9.17) is 0 Å². The van der Waals surface area contributed by atoms with Crippen LogP contribution in [0.3, 0.4) is 0 Å². The summed E-state index contributed by atoms with van der Waals surface area (Å²) in [5.41, 5.74) is 3.74. The average Bonchev–Trinajstić information content (AvgIpc) is 2.42. The molecular weight excluding hydrogens is 341 g/mol. The lowest BCUT2D eigenvalue weighted by Crippen LogP contribution is -2.18. The summed E-state index contributed by atoms with van der Waals surface area (Å²) in [4.78, 5) is 15.6. The maximum absolute atomic E-state index is 11.6. The summed E-state index contributed by atoms with van der Waals surface area (Å²) in [7, 11) is 0. The molecule has 1 aromatic carbocycles. The van der Waals surface area contributed by atoms with E-state index in [1.54, 1.807) is 30.6 Å². The maximum Gasteiger partial charge on any atom is 0.289 e.